The predicted molar refractivity (Wildman–Crippen MR) is 85.1 cm³/mol. The number of non-ortho nitro benzene ring substituents is 1. The Hall–Kier alpha value is -2.54. The van der Waals surface area contributed by atoms with Gasteiger partial charge in [0.25, 0.3) is 5.69 Å². The van der Waals surface area contributed by atoms with Crippen LogP contribution in [0, 0.1) is 10.1 Å². The van der Waals surface area contributed by atoms with Crippen molar-refractivity contribution in [2.24, 2.45) is 0 Å². The van der Waals surface area contributed by atoms with Crippen LogP contribution < -0.4 is 0 Å². The van der Waals surface area contributed by atoms with Crippen molar-refractivity contribution in [3.8, 4) is 0 Å². The molecule has 0 radical (unpaired) electrons. The van der Waals surface area contributed by atoms with Crippen molar-refractivity contribution in [1.82, 2.24) is 0 Å². The van der Waals surface area contributed by atoms with Crippen LogP contribution in [0.15, 0.2) is 59.5 Å². The molecule has 2 aromatic rings. The van der Waals surface area contributed by atoms with Gasteiger partial charge in [-0.1, -0.05) is 25.1 Å². The lowest BCUT2D eigenvalue weighted by molar-refractivity contribution is -0.384. The lowest BCUT2D eigenvalue weighted by Gasteiger charge is -2.15. The van der Waals surface area contributed by atoms with E-state index >= 15 is 0 Å². The molecule has 0 spiro atoms. The van der Waals surface area contributed by atoms with E-state index in [2.05, 4.69) is 0 Å². The van der Waals surface area contributed by atoms with E-state index in [1.807, 2.05) is 0 Å². The first-order valence-corrected chi connectivity index (χ1v) is 8.50. The summed E-state index contributed by atoms with van der Waals surface area (Å²) < 4.78 is 25.2. The first-order valence-electron chi connectivity index (χ1n) is 6.95. The summed E-state index contributed by atoms with van der Waals surface area (Å²) in [6, 6.07) is 12.7. The van der Waals surface area contributed by atoms with Crippen molar-refractivity contribution in [2.75, 3.05) is 0 Å². The number of nitro benzene ring substituents is 1. The highest BCUT2D eigenvalue weighted by Gasteiger charge is 2.33. The highest BCUT2D eigenvalue weighted by molar-refractivity contribution is 7.92. The van der Waals surface area contributed by atoms with Crippen LogP contribution in [0.5, 0.6) is 0 Å². The van der Waals surface area contributed by atoms with Gasteiger partial charge in [-0.2, -0.15) is 0 Å². The minimum absolute atomic E-state index is 0.0853. The number of hydrogen-bond acceptors (Lipinski definition) is 5. The average molecular weight is 333 g/mol. The van der Waals surface area contributed by atoms with E-state index in [-0.39, 0.29) is 22.6 Å². The van der Waals surface area contributed by atoms with E-state index < -0.39 is 25.8 Å². The molecule has 7 heteroatoms. The van der Waals surface area contributed by atoms with Gasteiger partial charge in [-0.25, -0.2) is 8.42 Å². The van der Waals surface area contributed by atoms with Gasteiger partial charge in [0.1, 0.15) is 5.25 Å². The highest BCUT2D eigenvalue weighted by atomic mass is 32.2. The van der Waals surface area contributed by atoms with Crippen molar-refractivity contribution >= 4 is 21.3 Å². The third-order valence-corrected chi connectivity index (χ3v) is 5.70. The summed E-state index contributed by atoms with van der Waals surface area (Å²) in [5.41, 5.74) is -0.0116. The first-order chi connectivity index (χ1) is 10.9. The molecule has 0 fully saturated rings. The van der Waals surface area contributed by atoms with E-state index in [1.165, 1.54) is 36.4 Å². The van der Waals surface area contributed by atoms with Crippen LogP contribution in [0.3, 0.4) is 0 Å². The van der Waals surface area contributed by atoms with Crippen LogP contribution in [0.2, 0.25) is 0 Å². The van der Waals surface area contributed by atoms with Crippen LogP contribution in [-0.2, 0) is 9.84 Å². The van der Waals surface area contributed by atoms with Crippen LogP contribution >= 0.6 is 0 Å². The number of benzene rings is 2. The van der Waals surface area contributed by atoms with Crippen molar-refractivity contribution in [3.05, 3.63) is 70.3 Å². The van der Waals surface area contributed by atoms with Gasteiger partial charge < -0.3 is 0 Å². The number of carbonyl (C=O) groups excluding carboxylic acids is 1. The Morgan fingerprint density at radius 2 is 1.65 bits per heavy atom. The fourth-order valence-corrected chi connectivity index (χ4v) is 3.98. The van der Waals surface area contributed by atoms with Gasteiger partial charge in [-0.15, -0.1) is 0 Å². The lowest BCUT2D eigenvalue weighted by Crippen LogP contribution is -2.30. The molecule has 0 saturated heterocycles. The van der Waals surface area contributed by atoms with Gasteiger partial charge in [-0.3, -0.25) is 14.9 Å². The quantitative estimate of drug-likeness (QED) is 0.460. The van der Waals surface area contributed by atoms with E-state index in [0.29, 0.717) is 0 Å². The molecule has 120 valence electrons. The van der Waals surface area contributed by atoms with E-state index in [4.69, 9.17) is 0 Å². The molecule has 0 aromatic heterocycles. The SMILES string of the molecule is CCC(C(=O)c1ccc([N+](=O)[O-])cc1)S(=O)(=O)c1ccccc1. The van der Waals surface area contributed by atoms with E-state index in [1.54, 1.807) is 25.1 Å². The molecule has 0 heterocycles. The standard InChI is InChI=1S/C16H15NO5S/c1-2-15(23(21,22)14-6-4-3-5-7-14)16(18)12-8-10-13(11-9-12)17(19)20/h3-11,15H,2H2,1H3. The van der Waals surface area contributed by atoms with Gasteiger partial charge in [-0.05, 0) is 30.7 Å². The zero-order chi connectivity index (χ0) is 17.0. The Labute approximate surface area is 133 Å². The maximum Gasteiger partial charge on any atom is 0.269 e. The van der Waals surface area contributed by atoms with Crippen molar-refractivity contribution in [1.29, 1.82) is 0 Å². The predicted octanol–water partition coefficient (Wildman–Crippen LogP) is 3.03. The van der Waals surface area contributed by atoms with E-state index in [0.717, 1.165) is 0 Å². The number of carbonyl (C=O) groups is 1. The molecule has 2 aromatic carbocycles. The Bertz CT molecular complexity index is 813. The van der Waals surface area contributed by atoms with Crippen LogP contribution in [0.4, 0.5) is 5.69 Å². The van der Waals surface area contributed by atoms with Crippen LogP contribution in [0.1, 0.15) is 23.7 Å². The zero-order valence-electron chi connectivity index (χ0n) is 12.4. The topological polar surface area (TPSA) is 94.3 Å². The smallest absolute Gasteiger partial charge is 0.269 e. The number of nitrogens with zero attached hydrogens (tertiary/aromatic N) is 1. The maximum absolute atomic E-state index is 12.6. The molecule has 6 nitrogen and oxygen atoms in total. The van der Waals surface area contributed by atoms with Crippen molar-refractivity contribution in [3.63, 3.8) is 0 Å². The average Bonchev–Trinajstić information content (AvgIpc) is 2.56. The molecule has 1 unspecified atom stereocenters. The second-order valence-electron chi connectivity index (χ2n) is 4.92. The Morgan fingerprint density at radius 1 is 1.09 bits per heavy atom. The second-order valence-corrected chi connectivity index (χ2v) is 7.05. The summed E-state index contributed by atoms with van der Waals surface area (Å²) in [7, 11) is -3.81. The summed E-state index contributed by atoms with van der Waals surface area (Å²) in [5, 5.41) is 9.42. The van der Waals surface area contributed by atoms with Gasteiger partial charge in [0.2, 0.25) is 0 Å². The zero-order valence-corrected chi connectivity index (χ0v) is 13.2. The first kappa shape index (κ1) is 16.8. The van der Waals surface area contributed by atoms with Gasteiger partial charge in [0.15, 0.2) is 15.6 Å². The molecule has 0 amide bonds. The lowest BCUT2D eigenvalue weighted by atomic mass is 10.1. The fourth-order valence-electron chi connectivity index (χ4n) is 2.25. The Balaban J connectivity index is 2.37. The van der Waals surface area contributed by atoms with E-state index in [9.17, 15) is 23.3 Å². The Morgan fingerprint density at radius 3 is 2.13 bits per heavy atom. The summed E-state index contributed by atoms with van der Waals surface area (Å²) in [6.45, 7) is 1.62. The maximum atomic E-state index is 12.6. The molecular formula is C16H15NO5S. The summed E-state index contributed by atoms with van der Waals surface area (Å²) in [4.78, 5) is 22.7. The number of sulfone groups is 1. The highest BCUT2D eigenvalue weighted by Crippen LogP contribution is 2.22. The molecule has 0 aliphatic carbocycles. The molecule has 0 aliphatic rings. The molecule has 1 atom stereocenters. The molecule has 0 N–H and O–H groups in total. The third kappa shape index (κ3) is 3.45. The Kier molecular flexibility index (Phi) is 4.90. The molecule has 0 bridgehead atoms. The monoisotopic (exact) mass is 333 g/mol. The number of hydrogen-bond donors (Lipinski definition) is 0. The van der Waals surface area contributed by atoms with Gasteiger partial charge >= 0.3 is 0 Å². The van der Waals surface area contributed by atoms with Gasteiger partial charge in [0.05, 0.1) is 9.82 Å². The number of ketones is 1. The summed E-state index contributed by atoms with van der Waals surface area (Å²) >= 11 is 0. The molecule has 23 heavy (non-hydrogen) atoms. The summed E-state index contributed by atoms with van der Waals surface area (Å²) in [5.74, 6) is -0.564. The minimum Gasteiger partial charge on any atom is -0.293 e. The summed E-state index contributed by atoms with van der Waals surface area (Å²) in [6.07, 6.45) is 0.118. The second kappa shape index (κ2) is 6.70. The normalized spacial score (nSPS) is 12.6. The molecule has 0 saturated carbocycles. The van der Waals surface area contributed by atoms with Crippen LogP contribution in [0.25, 0.3) is 0 Å². The molecule has 0 aliphatic heterocycles. The van der Waals surface area contributed by atoms with Crippen molar-refractivity contribution in [2.45, 2.75) is 23.5 Å². The number of nitro groups is 1. The number of Topliss-reactive ketones (excluding diaryl/α,β-unsaturated/α-hetero) is 1. The van der Waals surface area contributed by atoms with Crippen molar-refractivity contribution < 1.29 is 18.1 Å². The number of rotatable bonds is 6. The fraction of sp³-hybridized carbons (Fsp3) is 0.188. The third-order valence-electron chi connectivity index (χ3n) is 3.47. The van der Waals surface area contributed by atoms with Gasteiger partial charge in [0, 0.05) is 17.7 Å². The molecular weight excluding hydrogens is 318 g/mol. The van der Waals surface area contributed by atoms with Crippen LogP contribution in [-0.4, -0.2) is 24.4 Å². The molecule has 2 rings (SSSR count). The minimum atomic E-state index is -3.81. The largest absolute Gasteiger partial charge is 0.293 e.